The van der Waals surface area contributed by atoms with Gasteiger partial charge in [-0.1, -0.05) is 50.4 Å². The fraction of sp³-hybridized carbons (Fsp3) is 1.00. The summed E-state index contributed by atoms with van der Waals surface area (Å²) in [6.45, 7) is 13.2. The van der Waals surface area contributed by atoms with E-state index in [1.54, 1.807) is 12.1 Å². The normalized spacial score (nSPS) is 14.5. The lowest BCUT2D eigenvalue weighted by atomic mass is 10.4. The van der Waals surface area contributed by atoms with E-state index in [0.29, 0.717) is 0 Å². The largest absolute Gasteiger partial charge is 0.331 e. The highest BCUT2D eigenvalue weighted by Crippen LogP contribution is 2.27. The highest BCUT2D eigenvalue weighted by atomic mass is 28.3. The van der Waals surface area contributed by atoms with Crippen LogP contribution >= 0.6 is 0 Å². The Labute approximate surface area is 144 Å². The van der Waals surface area contributed by atoms with E-state index < -0.39 is 16.1 Å². The van der Waals surface area contributed by atoms with Gasteiger partial charge < -0.3 is 8.97 Å². The van der Waals surface area contributed by atoms with Gasteiger partial charge in [0.25, 0.3) is 0 Å². The number of quaternary nitrogens is 2. The van der Waals surface area contributed by atoms with Crippen LogP contribution in [0, 0.1) is 0 Å². The van der Waals surface area contributed by atoms with Gasteiger partial charge in [0.2, 0.25) is 0 Å². The van der Waals surface area contributed by atoms with Crippen molar-refractivity contribution in [3.8, 4) is 0 Å². The summed E-state index contributed by atoms with van der Waals surface area (Å²) in [7, 11) is 12.0. The Kier molecular flexibility index (Phi) is 8.59. The number of nitrogens with zero attached hydrogens (tertiary/aromatic N) is 2. The maximum Gasteiger partial charge on any atom is 0.0777 e. The van der Waals surface area contributed by atoms with E-state index in [1.165, 1.54) is 38.0 Å². The quantitative estimate of drug-likeness (QED) is 0.379. The molecular formula is C18H46N2Si2+2. The van der Waals surface area contributed by atoms with Crippen molar-refractivity contribution in [1.29, 1.82) is 0 Å². The molecule has 0 aliphatic heterocycles. The highest BCUT2D eigenvalue weighted by molar-refractivity contribution is 6.82. The standard InChI is InChI=1S/C18H46N2Si2/c1-19(2,3)13-11-15-21(7,8)17-18-22(9,10)16-12-14-20(4,5)6/h11-18H2,1-10H3/q+2. The lowest BCUT2D eigenvalue weighted by Gasteiger charge is -2.31. The van der Waals surface area contributed by atoms with Crippen LogP contribution in [0.15, 0.2) is 0 Å². The van der Waals surface area contributed by atoms with Crippen LogP contribution in [0.25, 0.3) is 0 Å². The average Bonchev–Trinajstić information content (AvgIpc) is 2.22. The number of rotatable bonds is 11. The van der Waals surface area contributed by atoms with Gasteiger partial charge in [0.1, 0.15) is 0 Å². The Balaban J connectivity index is 4.10. The highest BCUT2D eigenvalue weighted by Gasteiger charge is 2.27. The molecule has 0 aromatic carbocycles. The molecule has 0 atom stereocenters. The molecule has 22 heavy (non-hydrogen) atoms. The first-order chi connectivity index (χ1) is 9.62. The van der Waals surface area contributed by atoms with Gasteiger partial charge in [0.05, 0.1) is 55.4 Å². The minimum atomic E-state index is -0.968. The predicted molar refractivity (Wildman–Crippen MR) is 109 cm³/mol. The van der Waals surface area contributed by atoms with Crippen molar-refractivity contribution in [3.63, 3.8) is 0 Å². The van der Waals surface area contributed by atoms with Crippen LogP contribution in [0.1, 0.15) is 12.8 Å². The molecule has 0 aromatic heterocycles. The van der Waals surface area contributed by atoms with Gasteiger partial charge in [-0.25, -0.2) is 0 Å². The Morgan fingerprint density at radius 1 is 0.500 bits per heavy atom. The molecule has 0 fully saturated rings. The van der Waals surface area contributed by atoms with Crippen LogP contribution in [0.3, 0.4) is 0 Å². The van der Waals surface area contributed by atoms with Gasteiger partial charge >= 0.3 is 0 Å². The molecule has 0 amide bonds. The molecule has 4 heteroatoms. The Morgan fingerprint density at radius 3 is 1.00 bits per heavy atom. The third-order valence-electron chi connectivity index (χ3n) is 4.84. The molecular weight excluding hydrogens is 300 g/mol. The summed E-state index contributed by atoms with van der Waals surface area (Å²) >= 11 is 0. The van der Waals surface area contributed by atoms with Crippen LogP contribution in [0.4, 0.5) is 0 Å². The molecule has 2 nitrogen and oxygen atoms in total. The molecule has 0 aliphatic carbocycles. The van der Waals surface area contributed by atoms with E-state index in [0.717, 1.165) is 8.97 Å². The van der Waals surface area contributed by atoms with E-state index in [-0.39, 0.29) is 0 Å². The summed E-state index contributed by atoms with van der Waals surface area (Å²) < 4.78 is 2.24. The van der Waals surface area contributed by atoms with Crippen molar-refractivity contribution in [2.75, 3.05) is 55.4 Å². The molecule has 0 saturated carbocycles. The van der Waals surface area contributed by atoms with Crippen LogP contribution in [-0.2, 0) is 0 Å². The fourth-order valence-electron chi connectivity index (χ4n) is 2.99. The van der Waals surface area contributed by atoms with Gasteiger partial charge in [-0.2, -0.15) is 0 Å². The third kappa shape index (κ3) is 14.0. The van der Waals surface area contributed by atoms with E-state index in [1.807, 2.05) is 0 Å². The molecule has 0 unspecified atom stereocenters. The minimum absolute atomic E-state index is 0.968. The van der Waals surface area contributed by atoms with Gasteiger partial charge in [0, 0.05) is 16.1 Å². The molecule has 0 aromatic rings. The molecule has 0 radical (unpaired) electrons. The summed E-state index contributed by atoms with van der Waals surface area (Å²) in [6, 6.07) is 6.17. The zero-order valence-electron chi connectivity index (χ0n) is 17.6. The Bertz CT molecular complexity index is 280. The van der Waals surface area contributed by atoms with Crippen LogP contribution in [0.2, 0.25) is 50.4 Å². The minimum Gasteiger partial charge on any atom is -0.331 e. The zero-order valence-corrected chi connectivity index (χ0v) is 19.6. The molecule has 134 valence electrons. The molecule has 0 heterocycles. The van der Waals surface area contributed by atoms with Crippen molar-refractivity contribution in [3.05, 3.63) is 0 Å². The zero-order chi connectivity index (χ0) is 17.7. The lowest BCUT2D eigenvalue weighted by molar-refractivity contribution is -0.870. The maximum atomic E-state index is 2.62. The van der Waals surface area contributed by atoms with E-state index >= 15 is 0 Å². The molecule has 0 N–H and O–H groups in total. The van der Waals surface area contributed by atoms with Crippen LogP contribution < -0.4 is 0 Å². The smallest absolute Gasteiger partial charge is 0.0777 e. The summed E-state index contributed by atoms with van der Waals surface area (Å²) in [5.41, 5.74) is 0. The van der Waals surface area contributed by atoms with E-state index in [4.69, 9.17) is 0 Å². The first-order valence-corrected chi connectivity index (χ1v) is 16.1. The first-order valence-electron chi connectivity index (χ1n) is 9.23. The monoisotopic (exact) mass is 346 g/mol. The first kappa shape index (κ1) is 22.4. The predicted octanol–water partition coefficient (Wildman–Crippen LogP) is 4.60. The molecule has 0 bridgehead atoms. The Morgan fingerprint density at radius 2 is 0.773 bits per heavy atom. The molecule has 0 aliphatic rings. The van der Waals surface area contributed by atoms with E-state index in [9.17, 15) is 0 Å². The number of hydrogen-bond donors (Lipinski definition) is 0. The van der Waals surface area contributed by atoms with Crippen LogP contribution in [-0.4, -0.2) is 80.5 Å². The SMILES string of the molecule is C[N+](C)(C)CCC[Si](C)(C)CC[Si](C)(C)CCC[N+](C)(C)C. The summed E-state index contributed by atoms with van der Waals surface area (Å²) in [6.07, 6.45) is 2.85. The van der Waals surface area contributed by atoms with Crippen LogP contribution in [0.5, 0.6) is 0 Å². The topological polar surface area (TPSA) is 0 Å². The second kappa shape index (κ2) is 8.45. The second-order valence-corrected chi connectivity index (χ2v) is 21.7. The van der Waals surface area contributed by atoms with Crippen molar-refractivity contribution >= 4 is 16.1 Å². The van der Waals surface area contributed by atoms with Gasteiger partial charge in [-0.3, -0.25) is 0 Å². The van der Waals surface area contributed by atoms with Crippen molar-refractivity contribution in [1.82, 2.24) is 0 Å². The summed E-state index contributed by atoms with van der Waals surface area (Å²) in [4.78, 5) is 0. The molecule has 0 saturated heterocycles. The van der Waals surface area contributed by atoms with Crippen molar-refractivity contribution in [2.45, 2.75) is 63.2 Å². The average molecular weight is 347 g/mol. The maximum absolute atomic E-state index is 2.62. The molecule has 0 spiro atoms. The number of hydrogen-bond acceptors (Lipinski definition) is 0. The Hall–Kier alpha value is 0.354. The van der Waals surface area contributed by atoms with Crippen molar-refractivity contribution < 1.29 is 8.97 Å². The van der Waals surface area contributed by atoms with Gasteiger partial charge in [0.15, 0.2) is 0 Å². The van der Waals surface area contributed by atoms with Crippen molar-refractivity contribution in [2.24, 2.45) is 0 Å². The second-order valence-electron chi connectivity index (χ2n) is 11.1. The van der Waals surface area contributed by atoms with Gasteiger partial charge in [-0.15, -0.1) is 0 Å². The third-order valence-corrected chi connectivity index (χ3v) is 12.0. The van der Waals surface area contributed by atoms with Gasteiger partial charge in [-0.05, 0) is 12.8 Å². The molecule has 0 rings (SSSR count). The summed E-state index contributed by atoms with van der Waals surface area (Å²) in [5, 5.41) is 0. The fourth-order valence-corrected chi connectivity index (χ4v) is 11.1. The van der Waals surface area contributed by atoms with E-state index in [2.05, 4.69) is 68.5 Å². The summed E-state index contributed by atoms with van der Waals surface area (Å²) in [5.74, 6) is 0. The lowest BCUT2D eigenvalue weighted by Crippen LogP contribution is -2.38.